The van der Waals surface area contributed by atoms with Crippen LogP contribution in [-0.2, 0) is 12.3 Å². The third-order valence-electron chi connectivity index (χ3n) is 3.75. The largest absolute Gasteiger partial charge is 0.508 e. The van der Waals surface area contributed by atoms with E-state index in [1.807, 2.05) is 6.92 Å². The van der Waals surface area contributed by atoms with Crippen molar-refractivity contribution in [1.29, 1.82) is 0 Å². The molecule has 0 saturated carbocycles. The smallest absolute Gasteiger partial charge is 0.343 e. The van der Waals surface area contributed by atoms with Crippen LogP contribution < -0.4 is 11.3 Å². The molecule has 3 rings (SSSR count). The third-order valence-corrected chi connectivity index (χ3v) is 4.77. The number of phenols is 1. The average Bonchev–Trinajstić information content (AvgIpc) is 2.90. The maximum Gasteiger partial charge on any atom is 0.343 e. The predicted molar refractivity (Wildman–Crippen MR) is 91.6 cm³/mol. The fourth-order valence-electron chi connectivity index (χ4n) is 2.51. The van der Waals surface area contributed by atoms with E-state index in [4.69, 9.17) is 4.42 Å². The first-order valence-corrected chi connectivity index (χ1v) is 8.53. The standard InChI is InChI=1S/C16H17N3O4S/c1-3-6-19-15(22)17-18-16(19)24-8-10-7-13(21)23-14-9(2)12(20)5-4-11(10)14/h4-5,7,20H,3,6,8H2,1-2H3,(H,17,22). The Morgan fingerprint density at radius 3 is 2.92 bits per heavy atom. The molecule has 3 aromatic rings. The second-order valence-electron chi connectivity index (χ2n) is 5.43. The number of nitrogens with one attached hydrogen (secondary N) is 1. The lowest BCUT2D eigenvalue weighted by Crippen LogP contribution is -2.17. The summed E-state index contributed by atoms with van der Waals surface area (Å²) in [6, 6.07) is 4.73. The SMILES string of the molecule is CCCn1c(SCc2cc(=O)oc3c(C)c(O)ccc23)n[nH]c1=O. The summed E-state index contributed by atoms with van der Waals surface area (Å²) in [5.74, 6) is 0.542. The summed E-state index contributed by atoms with van der Waals surface area (Å²) < 4.78 is 6.81. The minimum absolute atomic E-state index is 0.0829. The molecule has 2 aromatic heterocycles. The topological polar surface area (TPSA) is 101 Å². The van der Waals surface area contributed by atoms with Gasteiger partial charge in [0.05, 0.1) is 0 Å². The summed E-state index contributed by atoms with van der Waals surface area (Å²) >= 11 is 1.37. The van der Waals surface area contributed by atoms with E-state index in [1.165, 1.54) is 17.8 Å². The summed E-state index contributed by atoms with van der Waals surface area (Å²) in [7, 11) is 0. The van der Waals surface area contributed by atoms with Crippen molar-refractivity contribution in [3.05, 3.63) is 50.2 Å². The van der Waals surface area contributed by atoms with Crippen LogP contribution in [0.15, 0.2) is 37.4 Å². The molecule has 24 heavy (non-hydrogen) atoms. The van der Waals surface area contributed by atoms with E-state index in [9.17, 15) is 14.7 Å². The van der Waals surface area contributed by atoms with Crippen molar-refractivity contribution in [3.8, 4) is 5.75 Å². The number of benzene rings is 1. The molecule has 2 heterocycles. The molecular weight excluding hydrogens is 330 g/mol. The van der Waals surface area contributed by atoms with E-state index in [2.05, 4.69) is 10.2 Å². The van der Waals surface area contributed by atoms with Crippen molar-refractivity contribution >= 4 is 22.7 Å². The molecule has 0 aliphatic carbocycles. The van der Waals surface area contributed by atoms with E-state index in [0.29, 0.717) is 28.6 Å². The lowest BCUT2D eigenvalue weighted by atomic mass is 10.1. The van der Waals surface area contributed by atoms with E-state index in [-0.39, 0.29) is 11.4 Å². The summed E-state index contributed by atoms with van der Waals surface area (Å²) in [5, 5.41) is 17.6. The highest BCUT2D eigenvalue weighted by Gasteiger charge is 2.13. The van der Waals surface area contributed by atoms with E-state index in [1.54, 1.807) is 23.6 Å². The fourth-order valence-corrected chi connectivity index (χ4v) is 3.48. The van der Waals surface area contributed by atoms with Gasteiger partial charge >= 0.3 is 11.3 Å². The number of aryl methyl sites for hydroxylation is 1. The first-order valence-electron chi connectivity index (χ1n) is 7.54. The van der Waals surface area contributed by atoms with Crippen molar-refractivity contribution in [2.45, 2.75) is 37.7 Å². The minimum Gasteiger partial charge on any atom is -0.508 e. The highest BCUT2D eigenvalue weighted by atomic mass is 32.2. The zero-order valence-electron chi connectivity index (χ0n) is 13.3. The maximum absolute atomic E-state index is 11.8. The molecule has 0 aliphatic heterocycles. The molecule has 0 saturated heterocycles. The molecule has 126 valence electrons. The van der Waals surface area contributed by atoms with Crippen LogP contribution in [0, 0.1) is 6.92 Å². The van der Waals surface area contributed by atoms with Gasteiger partial charge in [-0.15, -0.1) is 5.10 Å². The number of hydrogen-bond donors (Lipinski definition) is 2. The number of thioether (sulfide) groups is 1. The fraction of sp³-hybridized carbons (Fsp3) is 0.312. The number of H-pyrrole nitrogens is 1. The normalized spacial score (nSPS) is 11.2. The van der Waals surface area contributed by atoms with Crippen LogP contribution in [0.2, 0.25) is 0 Å². The van der Waals surface area contributed by atoms with Gasteiger partial charge in [0.25, 0.3) is 0 Å². The summed E-state index contributed by atoms with van der Waals surface area (Å²) in [6.07, 6.45) is 0.823. The Morgan fingerprint density at radius 2 is 2.17 bits per heavy atom. The molecule has 0 spiro atoms. The van der Waals surface area contributed by atoms with Crippen molar-refractivity contribution < 1.29 is 9.52 Å². The Labute approximate surface area is 141 Å². The Bertz CT molecular complexity index is 1000. The third kappa shape index (κ3) is 2.96. The molecule has 7 nitrogen and oxygen atoms in total. The lowest BCUT2D eigenvalue weighted by Gasteiger charge is -2.08. The van der Waals surface area contributed by atoms with Gasteiger partial charge < -0.3 is 9.52 Å². The maximum atomic E-state index is 11.8. The monoisotopic (exact) mass is 347 g/mol. The Morgan fingerprint density at radius 1 is 1.38 bits per heavy atom. The predicted octanol–water partition coefficient (Wildman–Crippen LogP) is 2.39. The molecule has 2 N–H and O–H groups in total. The minimum atomic E-state index is -0.472. The molecule has 0 fully saturated rings. The average molecular weight is 347 g/mol. The molecule has 0 bridgehead atoms. The molecule has 0 aliphatic rings. The molecule has 1 aromatic carbocycles. The van der Waals surface area contributed by atoms with Gasteiger partial charge in [-0.2, -0.15) is 0 Å². The van der Waals surface area contributed by atoms with E-state index < -0.39 is 5.63 Å². The number of rotatable bonds is 5. The molecule has 0 amide bonds. The van der Waals surface area contributed by atoms with Crippen LogP contribution >= 0.6 is 11.8 Å². The summed E-state index contributed by atoms with van der Waals surface area (Å²) in [4.78, 5) is 23.5. The van der Waals surface area contributed by atoms with Crippen LogP contribution in [0.4, 0.5) is 0 Å². The first-order chi connectivity index (χ1) is 11.5. The molecule has 0 radical (unpaired) electrons. The summed E-state index contributed by atoms with van der Waals surface area (Å²) in [5.41, 5.74) is 0.968. The number of aromatic amines is 1. The molecule has 0 unspecified atom stereocenters. The zero-order valence-corrected chi connectivity index (χ0v) is 14.1. The number of aromatic hydroxyl groups is 1. The number of aromatic nitrogens is 3. The Kier molecular flexibility index (Phi) is 4.48. The number of nitrogens with zero attached hydrogens (tertiary/aromatic N) is 2. The van der Waals surface area contributed by atoms with Gasteiger partial charge in [0, 0.05) is 29.3 Å². The van der Waals surface area contributed by atoms with Gasteiger partial charge in [-0.3, -0.25) is 4.57 Å². The Hall–Kier alpha value is -2.48. The van der Waals surface area contributed by atoms with Gasteiger partial charge in [-0.25, -0.2) is 14.7 Å². The van der Waals surface area contributed by atoms with Gasteiger partial charge in [-0.05, 0) is 31.0 Å². The van der Waals surface area contributed by atoms with Gasteiger partial charge in [0.15, 0.2) is 5.16 Å². The van der Waals surface area contributed by atoms with Gasteiger partial charge in [-0.1, -0.05) is 18.7 Å². The second kappa shape index (κ2) is 6.56. The number of fused-ring (bicyclic) bond motifs is 1. The van der Waals surface area contributed by atoms with Crippen molar-refractivity contribution in [3.63, 3.8) is 0 Å². The highest BCUT2D eigenvalue weighted by Crippen LogP contribution is 2.30. The summed E-state index contributed by atoms with van der Waals surface area (Å²) in [6.45, 7) is 4.27. The number of hydrogen-bond acceptors (Lipinski definition) is 6. The van der Waals surface area contributed by atoms with E-state index >= 15 is 0 Å². The quantitative estimate of drug-likeness (QED) is 0.543. The lowest BCUT2D eigenvalue weighted by molar-refractivity contribution is 0.468. The van der Waals surface area contributed by atoms with E-state index in [0.717, 1.165) is 17.4 Å². The van der Waals surface area contributed by atoms with Crippen LogP contribution in [0.25, 0.3) is 11.0 Å². The molecule has 0 atom stereocenters. The van der Waals surface area contributed by atoms with Gasteiger partial charge in [0.1, 0.15) is 11.3 Å². The van der Waals surface area contributed by atoms with Crippen LogP contribution in [-0.4, -0.2) is 19.9 Å². The van der Waals surface area contributed by atoms with Crippen LogP contribution in [0.5, 0.6) is 5.75 Å². The van der Waals surface area contributed by atoms with Crippen molar-refractivity contribution in [2.75, 3.05) is 0 Å². The zero-order chi connectivity index (χ0) is 17.3. The van der Waals surface area contributed by atoms with Crippen molar-refractivity contribution in [1.82, 2.24) is 14.8 Å². The molecule has 8 heteroatoms. The van der Waals surface area contributed by atoms with Crippen molar-refractivity contribution in [2.24, 2.45) is 0 Å². The first kappa shape index (κ1) is 16.4. The second-order valence-corrected chi connectivity index (χ2v) is 6.37. The van der Waals surface area contributed by atoms with Crippen LogP contribution in [0.1, 0.15) is 24.5 Å². The molecular formula is C16H17N3O4S. The van der Waals surface area contributed by atoms with Crippen LogP contribution in [0.3, 0.4) is 0 Å². The Balaban J connectivity index is 1.98. The highest BCUT2D eigenvalue weighted by molar-refractivity contribution is 7.98. The van der Waals surface area contributed by atoms with Gasteiger partial charge in [0.2, 0.25) is 0 Å². The number of phenolic OH excluding ortho intramolecular Hbond substituents is 1.